The lowest BCUT2D eigenvalue weighted by molar-refractivity contribution is 0.705. The van der Waals surface area contributed by atoms with Crippen LogP contribution in [0.2, 0.25) is 0 Å². The van der Waals surface area contributed by atoms with Gasteiger partial charge in [-0.15, -0.1) is 0 Å². The molecule has 1 rings (SSSR count). The van der Waals surface area contributed by atoms with Crippen LogP contribution in [-0.4, -0.2) is 13.6 Å². The third-order valence-electron chi connectivity index (χ3n) is 2.96. The monoisotopic (exact) mass is 220 g/mol. The van der Waals surface area contributed by atoms with Crippen LogP contribution in [0.3, 0.4) is 0 Å². The molecule has 16 heavy (non-hydrogen) atoms. The van der Waals surface area contributed by atoms with Gasteiger partial charge in [0.15, 0.2) is 0 Å². The van der Waals surface area contributed by atoms with Gasteiger partial charge in [-0.25, -0.2) is 0 Å². The van der Waals surface area contributed by atoms with Crippen molar-refractivity contribution in [2.75, 3.05) is 18.5 Å². The zero-order valence-corrected chi connectivity index (χ0v) is 10.7. The number of unbranched alkanes of at least 4 members (excludes halogenated alkanes) is 2. The Morgan fingerprint density at radius 1 is 1.19 bits per heavy atom. The molecule has 2 N–H and O–H groups in total. The molecule has 0 aliphatic carbocycles. The molecular formula is C14H24N2. The van der Waals surface area contributed by atoms with E-state index in [1.54, 1.807) is 0 Å². The van der Waals surface area contributed by atoms with Crippen LogP contribution in [0.15, 0.2) is 24.3 Å². The first kappa shape index (κ1) is 13.0. The zero-order valence-electron chi connectivity index (χ0n) is 10.7. The maximum absolute atomic E-state index is 5.82. The molecule has 0 fully saturated rings. The number of nitrogens with two attached hydrogens (primary N) is 1. The van der Waals surface area contributed by atoms with Crippen molar-refractivity contribution in [2.45, 2.75) is 39.2 Å². The van der Waals surface area contributed by atoms with Crippen LogP contribution in [-0.2, 0) is 0 Å². The van der Waals surface area contributed by atoms with Gasteiger partial charge >= 0.3 is 0 Å². The van der Waals surface area contributed by atoms with Crippen molar-refractivity contribution in [1.29, 1.82) is 0 Å². The Hall–Kier alpha value is -1.02. The zero-order chi connectivity index (χ0) is 12.0. The van der Waals surface area contributed by atoms with Crippen molar-refractivity contribution in [1.82, 2.24) is 0 Å². The molecule has 0 unspecified atom stereocenters. The van der Waals surface area contributed by atoms with Gasteiger partial charge in [-0.3, -0.25) is 0 Å². The number of nitrogens with zero attached hydrogens (tertiary/aromatic N) is 1. The summed E-state index contributed by atoms with van der Waals surface area (Å²) in [5, 5.41) is 0. The van der Waals surface area contributed by atoms with Crippen LogP contribution >= 0.6 is 0 Å². The van der Waals surface area contributed by atoms with Gasteiger partial charge in [0.2, 0.25) is 0 Å². The Morgan fingerprint density at radius 2 is 1.81 bits per heavy atom. The molecule has 0 saturated heterocycles. The average molecular weight is 220 g/mol. The molecule has 0 heterocycles. The minimum atomic E-state index is 0.124. The van der Waals surface area contributed by atoms with Gasteiger partial charge in [-0.2, -0.15) is 0 Å². The first-order valence-corrected chi connectivity index (χ1v) is 6.21. The summed E-state index contributed by atoms with van der Waals surface area (Å²) in [6, 6.07) is 8.68. The summed E-state index contributed by atoms with van der Waals surface area (Å²) < 4.78 is 0. The molecule has 0 aliphatic heterocycles. The van der Waals surface area contributed by atoms with E-state index in [4.69, 9.17) is 5.73 Å². The maximum atomic E-state index is 5.82. The van der Waals surface area contributed by atoms with E-state index in [0.29, 0.717) is 0 Å². The smallest absolute Gasteiger partial charge is 0.0363 e. The Labute approximate surface area is 99.5 Å². The van der Waals surface area contributed by atoms with Crippen LogP contribution in [0.25, 0.3) is 0 Å². The van der Waals surface area contributed by atoms with Gasteiger partial charge in [0.25, 0.3) is 0 Å². The Morgan fingerprint density at radius 3 is 2.31 bits per heavy atom. The van der Waals surface area contributed by atoms with E-state index in [0.717, 1.165) is 6.54 Å². The maximum Gasteiger partial charge on any atom is 0.0363 e. The summed E-state index contributed by atoms with van der Waals surface area (Å²) in [4.78, 5) is 2.31. The molecule has 1 aromatic carbocycles. The predicted molar refractivity (Wildman–Crippen MR) is 71.8 cm³/mol. The second kappa shape index (κ2) is 6.54. The molecule has 1 atom stereocenters. The van der Waals surface area contributed by atoms with E-state index in [1.807, 2.05) is 6.92 Å². The molecule has 0 bridgehead atoms. The Balaban J connectivity index is 2.52. The second-order valence-corrected chi connectivity index (χ2v) is 4.51. The normalized spacial score (nSPS) is 12.5. The first-order valence-electron chi connectivity index (χ1n) is 6.21. The minimum absolute atomic E-state index is 0.124. The highest BCUT2D eigenvalue weighted by Gasteiger charge is 2.02. The molecule has 0 saturated carbocycles. The lowest BCUT2D eigenvalue weighted by atomic mass is 10.1. The highest BCUT2D eigenvalue weighted by Crippen LogP contribution is 2.17. The lowest BCUT2D eigenvalue weighted by Gasteiger charge is -2.19. The quantitative estimate of drug-likeness (QED) is 0.745. The third-order valence-corrected chi connectivity index (χ3v) is 2.96. The number of anilines is 1. The highest BCUT2D eigenvalue weighted by atomic mass is 15.1. The summed E-state index contributed by atoms with van der Waals surface area (Å²) in [5.41, 5.74) is 8.30. The fourth-order valence-corrected chi connectivity index (χ4v) is 1.76. The van der Waals surface area contributed by atoms with Gasteiger partial charge in [0.05, 0.1) is 0 Å². The van der Waals surface area contributed by atoms with Crippen LogP contribution < -0.4 is 10.6 Å². The third kappa shape index (κ3) is 3.86. The Kier molecular flexibility index (Phi) is 5.33. The molecular weight excluding hydrogens is 196 g/mol. The molecule has 90 valence electrons. The molecule has 0 spiro atoms. The van der Waals surface area contributed by atoms with Crippen LogP contribution in [0.5, 0.6) is 0 Å². The largest absolute Gasteiger partial charge is 0.375 e. The van der Waals surface area contributed by atoms with Crippen molar-refractivity contribution in [2.24, 2.45) is 5.73 Å². The van der Waals surface area contributed by atoms with E-state index >= 15 is 0 Å². The van der Waals surface area contributed by atoms with Crippen LogP contribution in [0.4, 0.5) is 5.69 Å². The molecule has 2 heteroatoms. The number of benzene rings is 1. The molecule has 0 aliphatic rings. The minimum Gasteiger partial charge on any atom is -0.375 e. The van der Waals surface area contributed by atoms with E-state index in [9.17, 15) is 0 Å². The number of rotatable bonds is 6. The number of hydrogen-bond donors (Lipinski definition) is 1. The van der Waals surface area contributed by atoms with Crippen molar-refractivity contribution in [3.63, 3.8) is 0 Å². The summed E-state index contributed by atoms with van der Waals surface area (Å²) in [7, 11) is 2.15. The lowest BCUT2D eigenvalue weighted by Crippen LogP contribution is -2.18. The van der Waals surface area contributed by atoms with E-state index in [1.165, 1.54) is 30.5 Å². The van der Waals surface area contributed by atoms with Crippen molar-refractivity contribution >= 4 is 5.69 Å². The fourth-order valence-electron chi connectivity index (χ4n) is 1.76. The summed E-state index contributed by atoms with van der Waals surface area (Å²) >= 11 is 0. The van der Waals surface area contributed by atoms with Gasteiger partial charge in [-0.05, 0) is 31.0 Å². The standard InChI is InChI=1S/C14H24N2/c1-4-5-6-11-16(3)14-9-7-13(8-10-14)12(2)15/h7-10,12H,4-6,11,15H2,1-3H3/t12-/m0/s1. The Bertz CT molecular complexity index is 290. The molecule has 1 aromatic rings. The molecule has 0 amide bonds. The van der Waals surface area contributed by atoms with E-state index < -0.39 is 0 Å². The van der Waals surface area contributed by atoms with Gasteiger partial charge in [0, 0.05) is 25.3 Å². The topological polar surface area (TPSA) is 29.3 Å². The average Bonchev–Trinajstić information content (AvgIpc) is 2.29. The highest BCUT2D eigenvalue weighted by molar-refractivity contribution is 5.47. The van der Waals surface area contributed by atoms with E-state index in [-0.39, 0.29) is 6.04 Å². The summed E-state index contributed by atoms with van der Waals surface area (Å²) in [6.07, 6.45) is 3.85. The van der Waals surface area contributed by atoms with E-state index in [2.05, 4.69) is 43.1 Å². The number of hydrogen-bond acceptors (Lipinski definition) is 2. The first-order chi connectivity index (χ1) is 7.65. The molecule has 0 aromatic heterocycles. The van der Waals surface area contributed by atoms with Crippen LogP contribution in [0, 0.1) is 0 Å². The van der Waals surface area contributed by atoms with Crippen molar-refractivity contribution in [3.05, 3.63) is 29.8 Å². The SMILES string of the molecule is CCCCCN(C)c1ccc([C@H](C)N)cc1. The van der Waals surface area contributed by atoms with Crippen LogP contribution in [0.1, 0.15) is 44.7 Å². The van der Waals surface area contributed by atoms with Crippen molar-refractivity contribution in [3.8, 4) is 0 Å². The molecule has 0 radical (unpaired) electrons. The molecule has 2 nitrogen and oxygen atoms in total. The summed E-state index contributed by atoms with van der Waals surface area (Å²) in [6.45, 7) is 5.38. The summed E-state index contributed by atoms with van der Waals surface area (Å²) in [5.74, 6) is 0. The van der Waals surface area contributed by atoms with Gasteiger partial charge in [-0.1, -0.05) is 31.9 Å². The predicted octanol–water partition coefficient (Wildman–Crippen LogP) is 3.33. The fraction of sp³-hybridized carbons (Fsp3) is 0.571. The van der Waals surface area contributed by atoms with Gasteiger partial charge < -0.3 is 10.6 Å². The van der Waals surface area contributed by atoms with Gasteiger partial charge in [0.1, 0.15) is 0 Å². The van der Waals surface area contributed by atoms with Crippen molar-refractivity contribution < 1.29 is 0 Å². The second-order valence-electron chi connectivity index (χ2n) is 4.51.